The number of hydrogen-bond donors (Lipinski definition) is 0. The fraction of sp³-hybridized carbons (Fsp3) is 0.200. The summed E-state index contributed by atoms with van der Waals surface area (Å²) in [4.78, 5) is 24.0. The molecule has 2 aromatic rings. The van der Waals surface area contributed by atoms with Gasteiger partial charge in [-0.2, -0.15) is 0 Å². The first-order valence-corrected chi connectivity index (χ1v) is 9.01. The summed E-state index contributed by atoms with van der Waals surface area (Å²) in [5.74, 6) is 0.902. The number of halogens is 1. The van der Waals surface area contributed by atoms with Crippen LogP contribution in [0.4, 0.5) is 0 Å². The summed E-state index contributed by atoms with van der Waals surface area (Å²) in [6.07, 6.45) is 1.63. The topological polar surface area (TPSA) is 71.1 Å². The Labute approximate surface area is 164 Å². The average molecular weight is 433 g/mol. The third kappa shape index (κ3) is 4.31. The van der Waals surface area contributed by atoms with Crippen molar-refractivity contribution in [2.75, 3.05) is 20.3 Å². The zero-order valence-electron chi connectivity index (χ0n) is 14.8. The average Bonchev–Trinajstić information content (AvgIpc) is 2.95. The van der Waals surface area contributed by atoms with Crippen LogP contribution in [0.1, 0.15) is 22.8 Å². The molecule has 0 radical (unpaired) electrons. The van der Waals surface area contributed by atoms with Crippen LogP contribution >= 0.6 is 15.9 Å². The van der Waals surface area contributed by atoms with Gasteiger partial charge in [0.05, 0.1) is 19.3 Å². The lowest BCUT2D eigenvalue weighted by Crippen LogP contribution is -2.14. The van der Waals surface area contributed by atoms with Gasteiger partial charge in [-0.15, -0.1) is 0 Å². The van der Waals surface area contributed by atoms with Crippen molar-refractivity contribution >= 4 is 33.8 Å². The highest BCUT2D eigenvalue weighted by atomic mass is 79.9. The van der Waals surface area contributed by atoms with E-state index in [1.165, 1.54) is 0 Å². The van der Waals surface area contributed by atoms with E-state index >= 15 is 0 Å². The van der Waals surface area contributed by atoms with Crippen molar-refractivity contribution in [2.45, 2.75) is 6.92 Å². The molecule has 3 rings (SSSR count). The summed E-state index contributed by atoms with van der Waals surface area (Å²) in [7, 11) is 1.56. The molecule has 0 N–H and O–H groups in total. The van der Waals surface area contributed by atoms with E-state index in [4.69, 9.17) is 18.9 Å². The third-order valence-electron chi connectivity index (χ3n) is 3.78. The van der Waals surface area contributed by atoms with E-state index in [0.29, 0.717) is 28.4 Å². The third-order valence-corrected chi connectivity index (χ3v) is 4.28. The van der Waals surface area contributed by atoms with Gasteiger partial charge in [-0.25, -0.2) is 4.79 Å². The van der Waals surface area contributed by atoms with Gasteiger partial charge < -0.3 is 18.9 Å². The van der Waals surface area contributed by atoms with E-state index < -0.39 is 5.97 Å². The molecule has 27 heavy (non-hydrogen) atoms. The molecule has 0 bridgehead atoms. The van der Waals surface area contributed by atoms with E-state index in [2.05, 4.69) is 15.9 Å². The smallest absolute Gasteiger partial charge is 0.344 e. The number of carbonyl (C=O) groups is 2. The molecule has 7 heteroatoms. The Morgan fingerprint density at radius 3 is 2.78 bits per heavy atom. The van der Waals surface area contributed by atoms with Crippen LogP contribution in [-0.2, 0) is 9.53 Å². The number of rotatable bonds is 6. The number of allylic oxidation sites excluding steroid dienone is 1. The van der Waals surface area contributed by atoms with Gasteiger partial charge in [0.2, 0.25) is 5.78 Å². The molecule has 0 atom stereocenters. The van der Waals surface area contributed by atoms with Gasteiger partial charge >= 0.3 is 5.97 Å². The lowest BCUT2D eigenvalue weighted by molar-refractivity contribution is -0.145. The summed E-state index contributed by atoms with van der Waals surface area (Å²) in [5.41, 5.74) is 1.14. The summed E-state index contributed by atoms with van der Waals surface area (Å²) in [5, 5.41) is 0. The largest absolute Gasteiger partial charge is 0.496 e. The molecule has 140 valence electrons. The maximum Gasteiger partial charge on any atom is 0.344 e. The first-order chi connectivity index (χ1) is 13.0. The summed E-state index contributed by atoms with van der Waals surface area (Å²) >= 11 is 3.40. The second-order valence-electron chi connectivity index (χ2n) is 5.58. The Kier molecular flexibility index (Phi) is 5.81. The van der Waals surface area contributed by atoms with Crippen LogP contribution in [0.15, 0.2) is 46.6 Å². The zero-order valence-corrected chi connectivity index (χ0v) is 16.4. The second-order valence-corrected chi connectivity index (χ2v) is 6.49. The number of benzene rings is 2. The number of methoxy groups -OCH3 is 1. The predicted octanol–water partition coefficient (Wildman–Crippen LogP) is 4.02. The second kappa shape index (κ2) is 8.26. The predicted molar refractivity (Wildman–Crippen MR) is 102 cm³/mol. The maximum absolute atomic E-state index is 12.6. The number of esters is 1. The van der Waals surface area contributed by atoms with Crippen LogP contribution in [-0.4, -0.2) is 32.1 Å². The van der Waals surface area contributed by atoms with Crippen molar-refractivity contribution in [1.29, 1.82) is 0 Å². The van der Waals surface area contributed by atoms with Gasteiger partial charge in [0.1, 0.15) is 17.2 Å². The Morgan fingerprint density at radius 1 is 1.22 bits per heavy atom. The van der Waals surface area contributed by atoms with Gasteiger partial charge in [-0.1, -0.05) is 15.9 Å². The molecule has 0 amide bonds. The first-order valence-electron chi connectivity index (χ1n) is 8.22. The highest BCUT2D eigenvalue weighted by molar-refractivity contribution is 9.10. The Morgan fingerprint density at radius 2 is 2.04 bits per heavy atom. The fourth-order valence-corrected chi connectivity index (χ4v) is 2.94. The van der Waals surface area contributed by atoms with Crippen LogP contribution in [0.3, 0.4) is 0 Å². The molecule has 0 unspecified atom stereocenters. The van der Waals surface area contributed by atoms with E-state index in [1.54, 1.807) is 44.4 Å². The molecule has 0 fully saturated rings. The Hall–Kier alpha value is -2.80. The van der Waals surface area contributed by atoms with Crippen LogP contribution in [0, 0.1) is 0 Å². The maximum atomic E-state index is 12.6. The van der Waals surface area contributed by atoms with E-state index in [-0.39, 0.29) is 24.8 Å². The SMILES string of the molecule is CCOC(=O)COc1ccc2c(c1)O/C(=C\c1cc(Br)ccc1OC)C2=O. The zero-order chi connectivity index (χ0) is 19.4. The molecule has 0 spiro atoms. The molecule has 0 aromatic heterocycles. The Balaban J connectivity index is 1.81. The molecule has 1 aliphatic rings. The molecule has 0 saturated heterocycles. The van der Waals surface area contributed by atoms with Crippen molar-refractivity contribution in [2.24, 2.45) is 0 Å². The van der Waals surface area contributed by atoms with Crippen molar-refractivity contribution < 1.29 is 28.5 Å². The molecule has 1 heterocycles. The minimum Gasteiger partial charge on any atom is -0.496 e. The normalized spacial score (nSPS) is 13.9. The van der Waals surface area contributed by atoms with Crippen molar-refractivity contribution in [1.82, 2.24) is 0 Å². The van der Waals surface area contributed by atoms with Crippen LogP contribution in [0.2, 0.25) is 0 Å². The molecule has 0 saturated carbocycles. The van der Waals surface area contributed by atoms with Crippen molar-refractivity contribution in [3.8, 4) is 17.2 Å². The summed E-state index contributed by atoms with van der Waals surface area (Å²) in [6, 6.07) is 10.3. The number of hydrogen-bond acceptors (Lipinski definition) is 6. The van der Waals surface area contributed by atoms with E-state index in [0.717, 1.165) is 4.47 Å². The quantitative estimate of drug-likeness (QED) is 0.507. The standard InChI is InChI=1S/C20H17BrO6/c1-3-25-19(22)11-26-14-5-6-15-17(10-14)27-18(20(15)23)9-12-8-13(21)4-7-16(12)24-2/h4-10H,3,11H2,1-2H3/b18-9-. The van der Waals surface area contributed by atoms with Crippen molar-refractivity contribution in [3.63, 3.8) is 0 Å². The summed E-state index contributed by atoms with van der Waals surface area (Å²) < 4.78 is 22.1. The number of fused-ring (bicyclic) bond motifs is 1. The van der Waals surface area contributed by atoms with Gasteiger partial charge in [0, 0.05) is 16.1 Å². The van der Waals surface area contributed by atoms with Gasteiger partial charge in [0.15, 0.2) is 12.4 Å². The Bertz CT molecular complexity index is 919. The van der Waals surface area contributed by atoms with E-state index in [1.807, 2.05) is 12.1 Å². The van der Waals surface area contributed by atoms with Crippen LogP contribution in [0.25, 0.3) is 6.08 Å². The van der Waals surface area contributed by atoms with Gasteiger partial charge in [0.25, 0.3) is 0 Å². The lowest BCUT2D eigenvalue weighted by Gasteiger charge is -2.07. The fourth-order valence-electron chi connectivity index (χ4n) is 2.56. The molecular weight excluding hydrogens is 416 g/mol. The minimum atomic E-state index is -0.461. The molecule has 6 nitrogen and oxygen atoms in total. The number of Topliss-reactive ketones (excluding diaryl/α,β-unsaturated/α-hetero) is 1. The molecule has 1 aliphatic heterocycles. The summed E-state index contributed by atoms with van der Waals surface area (Å²) in [6.45, 7) is 1.80. The number of carbonyl (C=O) groups excluding carboxylic acids is 2. The monoisotopic (exact) mass is 432 g/mol. The first kappa shape index (κ1) is 19.0. The minimum absolute atomic E-state index is 0.184. The van der Waals surface area contributed by atoms with Gasteiger partial charge in [-0.05, 0) is 43.3 Å². The molecular formula is C20H17BrO6. The highest BCUT2D eigenvalue weighted by Crippen LogP contribution is 2.36. The van der Waals surface area contributed by atoms with Gasteiger partial charge in [-0.3, -0.25) is 4.79 Å². The van der Waals surface area contributed by atoms with Crippen LogP contribution in [0.5, 0.6) is 17.2 Å². The van der Waals surface area contributed by atoms with E-state index in [9.17, 15) is 9.59 Å². The van der Waals surface area contributed by atoms with Crippen molar-refractivity contribution in [3.05, 3.63) is 57.8 Å². The molecule has 0 aliphatic carbocycles. The molecule has 2 aromatic carbocycles. The lowest BCUT2D eigenvalue weighted by atomic mass is 10.1. The number of ether oxygens (including phenoxy) is 4. The highest BCUT2D eigenvalue weighted by Gasteiger charge is 2.28. The van der Waals surface area contributed by atoms with Crippen LogP contribution < -0.4 is 14.2 Å². The number of ketones is 1.